The molecule has 1 heterocycles. The fourth-order valence-electron chi connectivity index (χ4n) is 2.74. The van der Waals surface area contributed by atoms with Crippen LogP contribution in [-0.2, 0) is 6.54 Å². The zero-order valence-corrected chi connectivity index (χ0v) is 14.6. The van der Waals surface area contributed by atoms with Gasteiger partial charge in [0.1, 0.15) is 8.07 Å². The van der Waals surface area contributed by atoms with Crippen LogP contribution in [0.25, 0.3) is 0 Å². The molecule has 0 amide bonds. The molecule has 112 valence electrons. The lowest BCUT2D eigenvalue weighted by Gasteiger charge is -2.04. The molecule has 2 aromatic carbocycles. The first-order chi connectivity index (χ1) is 10.5. The minimum Gasteiger partial charge on any atom is -0.274 e. The second-order valence-electron chi connectivity index (χ2n) is 6.98. The highest BCUT2D eigenvalue weighted by Crippen LogP contribution is 2.43. The summed E-state index contributed by atoms with van der Waals surface area (Å²) in [5.74, 6) is 3.55. The van der Waals surface area contributed by atoms with E-state index in [0.29, 0.717) is 12.1 Å². The maximum atomic E-state index is 3.55. The molecule has 0 bridgehead atoms. The first-order valence-electron chi connectivity index (χ1n) is 7.92. The molecule has 1 saturated heterocycles. The second-order valence-corrected chi connectivity index (χ2v) is 11.7. The van der Waals surface area contributed by atoms with Gasteiger partial charge in [-0.1, -0.05) is 86.2 Å². The number of hydrogen-bond donors (Lipinski definition) is 0. The van der Waals surface area contributed by atoms with Crippen LogP contribution in [0.15, 0.2) is 60.7 Å². The molecule has 2 heteroatoms. The predicted octanol–water partition coefficient (Wildman–Crippen LogP) is 4.49. The van der Waals surface area contributed by atoms with Crippen LogP contribution in [0.3, 0.4) is 0 Å². The maximum absolute atomic E-state index is 3.55. The van der Waals surface area contributed by atoms with Gasteiger partial charge >= 0.3 is 0 Å². The molecule has 0 radical (unpaired) electrons. The summed E-state index contributed by atoms with van der Waals surface area (Å²) in [5.41, 5.74) is 6.29. The third-order valence-corrected chi connectivity index (χ3v) is 4.76. The smallest absolute Gasteiger partial charge is 0.129 e. The van der Waals surface area contributed by atoms with Crippen LogP contribution in [0.1, 0.15) is 17.2 Å². The van der Waals surface area contributed by atoms with Crippen molar-refractivity contribution in [2.75, 3.05) is 0 Å². The van der Waals surface area contributed by atoms with Gasteiger partial charge in [-0.05, 0) is 11.1 Å². The molecule has 0 saturated carbocycles. The monoisotopic (exact) mass is 305 g/mol. The highest BCUT2D eigenvalue weighted by molar-refractivity contribution is 6.83. The zero-order valence-electron chi connectivity index (χ0n) is 13.6. The topological polar surface area (TPSA) is 3.01 Å². The van der Waals surface area contributed by atoms with E-state index in [0.717, 1.165) is 6.54 Å². The highest BCUT2D eigenvalue weighted by Gasteiger charge is 2.47. The van der Waals surface area contributed by atoms with Crippen LogP contribution >= 0.6 is 0 Å². The molecule has 2 aromatic rings. The van der Waals surface area contributed by atoms with Crippen LogP contribution in [0, 0.1) is 11.5 Å². The standard InChI is InChI=1S/C20H23NSi/c1-22(2,3)15-14-19-20(18-12-8-5-9-13-18)21(19)16-17-10-6-4-7-11-17/h4-13,19-20H,16H2,1-3H3/t19-,20-,21?/m1/s1. The van der Waals surface area contributed by atoms with Crippen molar-refractivity contribution in [3.05, 3.63) is 71.8 Å². The molecule has 3 atom stereocenters. The molecule has 0 aliphatic carbocycles. The number of nitrogens with zero attached hydrogens (tertiary/aromatic N) is 1. The third-order valence-electron chi connectivity index (χ3n) is 3.87. The quantitative estimate of drug-likeness (QED) is 0.458. The van der Waals surface area contributed by atoms with Crippen molar-refractivity contribution in [2.24, 2.45) is 0 Å². The van der Waals surface area contributed by atoms with Gasteiger partial charge in [-0.3, -0.25) is 4.90 Å². The molecule has 0 aromatic heterocycles. The van der Waals surface area contributed by atoms with Gasteiger partial charge in [0, 0.05) is 6.54 Å². The van der Waals surface area contributed by atoms with Crippen molar-refractivity contribution in [3.8, 4) is 11.5 Å². The van der Waals surface area contributed by atoms with Crippen molar-refractivity contribution in [2.45, 2.75) is 38.3 Å². The largest absolute Gasteiger partial charge is 0.274 e. The lowest BCUT2D eigenvalue weighted by Crippen LogP contribution is -2.17. The van der Waals surface area contributed by atoms with E-state index in [4.69, 9.17) is 0 Å². The van der Waals surface area contributed by atoms with E-state index in [1.54, 1.807) is 0 Å². The summed E-state index contributed by atoms with van der Waals surface area (Å²) < 4.78 is 0. The minimum atomic E-state index is -1.32. The lowest BCUT2D eigenvalue weighted by atomic mass is 10.1. The summed E-state index contributed by atoms with van der Waals surface area (Å²) >= 11 is 0. The van der Waals surface area contributed by atoms with Crippen LogP contribution in [-0.4, -0.2) is 19.0 Å². The summed E-state index contributed by atoms with van der Waals surface area (Å²) in [6.45, 7) is 7.90. The summed E-state index contributed by atoms with van der Waals surface area (Å²) in [4.78, 5) is 2.50. The Labute approximate surface area is 135 Å². The van der Waals surface area contributed by atoms with Crippen LogP contribution in [0.2, 0.25) is 19.6 Å². The number of hydrogen-bond acceptors (Lipinski definition) is 1. The Morgan fingerprint density at radius 2 is 1.50 bits per heavy atom. The normalized spacial score (nSPS) is 23.5. The van der Waals surface area contributed by atoms with Gasteiger partial charge in [-0.25, -0.2) is 0 Å². The average Bonchev–Trinajstić information content (AvgIpc) is 3.19. The summed E-state index contributed by atoms with van der Waals surface area (Å²) in [5, 5.41) is 0. The first-order valence-corrected chi connectivity index (χ1v) is 11.4. The lowest BCUT2D eigenvalue weighted by molar-refractivity contribution is 0.495. The van der Waals surface area contributed by atoms with E-state index in [-0.39, 0.29) is 0 Å². The summed E-state index contributed by atoms with van der Waals surface area (Å²) in [6.07, 6.45) is 0. The third kappa shape index (κ3) is 3.68. The molecule has 1 unspecified atom stereocenters. The van der Waals surface area contributed by atoms with Crippen molar-refractivity contribution < 1.29 is 0 Å². The SMILES string of the molecule is C[Si](C)(C)C#C[C@@H]1[C@@H](c2ccccc2)N1Cc1ccccc1. The Hall–Kier alpha value is -1.82. The average molecular weight is 305 g/mol. The minimum absolute atomic E-state index is 0.370. The Bertz CT molecular complexity index is 676. The van der Waals surface area contributed by atoms with Crippen molar-refractivity contribution >= 4 is 8.07 Å². The van der Waals surface area contributed by atoms with Gasteiger partial charge < -0.3 is 0 Å². The van der Waals surface area contributed by atoms with Gasteiger partial charge in [0.2, 0.25) is 0 Å². The number of rotatable bonds is 3. The van der Waals surface area contributed by atoms with Gasteiger partial charge in [-0.2, -0.15) is 0 Å². The Kier molecular flexibility index (Phi) is 4.20. The van der Waals surface area contributed by atoms with Crippen molar-refractivity contribution in [1.29, 1.82) is 0 Å². The van der Waals surface area contributed by atoms with E-state index >= 15 is 0 Å². The molecule has 1 fully saturated rings. The van der Waals surface area contributed by atoms with Crippen LogP contribution < -0.4 is 0 Å². The molecule has 0 N–H and O–H groups in total. The van der Waals surface area contributed by atoms with Crippen LogP contribution in [0.4, 0.5) is 0 Å². The second kappa shape index (κ2) is 6.12. The molecule has 1 nitrogen and oxygen atoms in total. The summed E-state index contributed by atoms with van der Waals surface area (Å²) in [6, 6.07) is 22.3. The van der Waals surface area contributed by atoms with E-state index in [1.807, 2.05) is 0 Å². The van der Waals surface area contributed by atoms with E-state index < -0.39 is 8.07 Å². The number of benzene rings is 2. The van der Waals surface area contributed by atoms with Crippen LogP contribution in [0.5, 0.6) is 0 Å². The summed E-state index contributed by atoms with van der Waals surface area (Å²) in [7, 11) is -1.32. The molecule has 1 aliphatic heterocycles. The van der Waals surface area contributed by atoms with Crippen molar-refractivity contribution in [3.63, 3.8) is 0 Å². The molecule has 22 heavy (non-hydrogen) atoms. The molecule has 3 rings (SSSR count). The van der Waals surface area contributed by atoms with E-state index in [1.165, 1.54) is 11.1 Å². The molecule has 0 spiro atoms. The Morgan fingerprint density at radius 3 is 2.09 bits per heavy atom. The van der Waals surface area contributed by atoms with Gasteiger partial charge in [-0.15, -0.1) is 5.54 Å². The first kappa shape index (κ1) is 15.1. The molecular formula is C20H23NSi. The van der Waals surface area contributed by atoms with Gasteiger partial charge in [0.05, 0.1) is 12.1 Å². The highest BCUT2D eigenvalue weighted by atomic mass is 28.3. The van der Waals surface area contributed by atoms with E-state index in [9.17, 15) is 0 Å². The Morgan fingerprint density at radius 1 is 0.909 bits per heavy atom. The molecule has 1 aliphatic rings. The van der Waals surface area contributed by atoms with Crippen molar-refractivity contribution in [1.82, 2.24) is 4.90 Å². The predicted molar refractivity (Wildman–Crippen MR) is 96.1 cm³/mol. The Balaban J connectivity index is 1.81. The van der Waals surface area contributed by atoms with Gasteiger partial charge in [0.15, 0.2) is 0 Å². The fraction of sp³-hybridized carbons (Fsp3) is 0.300. The molecular weight excluding hydrogens is 282 g/mol. The fourth-order valence-corrected chi connectivity index (χ4v) is 3.32. The zero-order chi connectivity index (χ0) is 15.6. The maximum Gasteiger partial charge on any atom is 0.129 e. The van der Waals surface area contributed by atoms with E-state index in [2.05, 4.69) is 96.7 Å². The van der Waals surface area contributed by atoms with Gasteiger partial charge in [0.25, 0.3) is 0 Å².